The molecule has 3 rings (SSSR count). The smallest absolute Gasteiger partial charge is 0.315 e. The molecule has 1 saturated heterocycles. The van der Waals surface area contributed by atoms with Gasteiger partial charge in [0.2, 0.25) is 5.91 Å². The Balaban J connectivity index is 1.46. The van der Waals surface area contributed by atoms with E-state index in [2.05, 4.69) is 10.6 Å². The highest BCUT2D eigenvalue weighted by Crippen LogP contribution is 2.25. The number of carbonyl (C=O) groups excluding carboxylic acids is 2. The fourth-order valence-electron chi connectivity index (χ4n) is 3.57. The molecule has 0 aliphatic carbocycles. The minimum atomic E-state index is -0.248. The average molecular weight is 381 g/mol. The molecule has 3 amide bonds. The summed E-state index contributed by atoms with van der Waals surface area (Å²) in [5.74, 6) is 0.882. The summed E-state index contributed by atoms with van der Waals surface area (Å²) in [5.41, 5.74) is 2.14. The zero-order valence-corrected chi connectivity index (χ0v) is 16.4. The topological polar surface area (TPSA) is 70.7 Å². The van der Waals surface area contributed by atoms with Crippen LogP contribution in [0.2, 0.25) is 0 Å². The molecule has 148 valence electrons. The lowest BCUT2D eigenvalue weighted by atomic mass is 10.1. The third-order valence-corrected chi connectivity index (χ3v) is 5.12. The van der Waals surface area contributed by atoms with Crippen molar-refractivity contribution in [3.63, 3.8) is 0 Å². The van der Waals surface area contributed by atoms with Crippen LogP contribution in [0.1, 0.15) is 30.5 Å². The molecular formula is C22H27N3O3. The van der Waals surface area contributed by atoms with Gasteiger partial charge in [0.05, 0.1) is 19.2 Å². The van der Waals surface area contributed by atoms with Crippen molar-refractivity contribution in [3.05, 3.63) is 65.7 Å². The predicted octanol–water partition coefficient (Wildman–Crippen LogP) is 2.90. The molecule has 28 heavy (non-hydrogen) atoms. The SMILES string of the molecule is COc1ccccc1CCNC(=O)NC1CC(=O)N(C(C)c2ccccc2)C1. The quantitative estimate of drug-likeness (QED) is 0.775. The molecule has 6 heteroatoms. The van der Waals surface area contributed by atoms with E-state index in [1.54, 1.807) is 7.11 Å². The van der Waals surface area contributed by atoms with E-state index in [1.807, 2.05) is 66.4 Å². The number of urea groups is 1. The van der Waals surface area contributed by atoms with Gasteiger partial charge in [-0.25, -0.2) is 4.79 Å². The maximum absolute atomic E-state index is 12.4. The first-order valence-electron chi connectivity index (χ1n) is 9.59. The summed E-state index contributed by atoms with van der Waals surface area (Å²) in [5, 5.41) is 5.78. The fourth-order valence-corrected chi connectivity index (χ4v) is 3.57. The molecule has 2 atom stereocenters. The summed E-state index contributed by atoms with van der Waals surface area (Å²) >= 11 is 0. The van der Waals surface area contributed by atoms with Crippen LogP contribution >= 0.6 is 0 Å². The van der Waals surface area contributed by atoms with E-state index in [1.165, 1.54) is 0 Å². The summed E-state index contributed by atoms with van der Waals surface area (Å²) in [6.07, 6.45) is 1.01. The highest BCUT2D eigenvalue weighted by atomic mass is 16.5. The average Bonchev–Trinajstić information content (AvgIpc) is 3.08. The number of hydrogen-bond acceptors (Lipinski definition) is 3. The van der Waals surface area contributed by atoms with Crippen LogP contribution in [0.25, 0.3) is 0 Å². The van der Waals surface area contributed by atoms with Crippen LogP contribution in [0.5, 0.6) is 5.75 Å². The number of likely N-dealkylation sites (tertiary alicyclic amines) is 1. The van der Waals surface area contributed by atoms with E-state index in [0.29, 0.717) is 25.9 Å². The largest absolute Gasteiger partial charge is 0.496 e. The van der Waals surface area contributed by atoms with Crippen molar-refractivity contribution < 1.29 is 14.3 Å². The van der Waals surface area contributed by atoms with Gasteiger partial charge in [-0.2, -0.15) is 0 Å². The number of ether oxygens (including phenoxy) is 1. The van der Waals surface area contributed by atoms with Gasteiger partial charge < -0.3 is 20.3 Å². The van der Waals surface area contributed by atoms with Crippen LogP contribution in [0.3, 0.4) is 0 Å². The lowest BCUT2D eigenvalue weighted by Crippen LogP contribution is -2.44. The van der Waals surface area contributed by atoms with Gasteiger partial charge in [0.25, 0.3) is 0 Å². The summed E-state index contributed by atoms with van der Waals surface area (Å²) in [6, 6.07) is 17.3. The summed E-state index contributed by atoms with van der Waals surface area (Å²) in [6.45, 7) is 3.04. The lowest BCUT2D eigenvalue weighted by molar-refractivity contribution is -0.129. The first-order chi connectivity index (χ1) is 13.6. The molecule has 2 N–H and O–H groups in total. The van der Waals surface area contributed by atoms with Crippen LogP contribution < -0.4 is 15.4 Å². The van der Waals surface area contributed by atoms with Crippen LogP contribution in [-0.2, 0) is 11.2 Å². The Morgan fingerprint density at radius 1 is 1.18 bits per heavy atom. The van der Waals surface area contributed by atoms with Crippen molar-refractivity contribution in [2.45, 2.75) is 31.8 Å². The molecule has 6 nitrogen and oxygen atoms in total. The second-order valence-electron chi connectivity index (χ2n) is 7.00. The number of amides is 3. The number of methoxy groups -OCH3 is 1. The Morgan fingerprint density at radius 2 is 1.89 bits per heavy atom. The van der Waals surface area contributed by atoms with Gasteiger partial charge in [-0.3, -0.25) is 4.79 Å². The van der Waals surface area contributed by atoms with E-state index in [4.69, 9.17) is 4.74 Å². The van der Waals surface area contributed by atoms with Crippen LogP contribution in [0, 0.1) is 0 Å². The molecule has 0 radical (unpaired) electrons. The van der Waals surface area contributed by atoms with Gasteiger partial charge >= 0.3 is 6.03 Å². The Kier molecular flexibility index (Phi) is 6.53. The second-order valence-corrected chi connectivity index (χ2v) is 7.00. The zero-order valence-electron chi connectivity index (χ0n) is 16.4. The number of nitrogens with zero attached hydrogens (tertiary/aromatic N) is 1. The van der Waals surface area contributed by atoms with Crippen LogP contribution in [-0.4, -0.2) is 43.1 Å². The van der Waals surface area contributed by atoms with Gasteiger partial charge in [0.15, 0.2) is 0 Å². The number of nitrogens with one attached hydrogen (secondary N) is 2. The molecule has 1 heterocycles. The number of benzene rings is 2. The molecule has 1 aliphatic rings. The fraction of sp³-hybridized carbons (Fsp3) is 0.364. The van der Waals surface area contributed by atoms with Crippen molar-refractivity contribution in [1.29, 1.82) is 0 Å². The third-order valence-electron chi connectivity index (χ3n) is 5.12. The zero-order chi connectivity index (χ0) is 19.9. The van der Waals surface area contributed by atoms with E-state index in [-0.39, 0.29) is 24.0 Å². The van der Waals surface area contributed by atoms with Gasteiger partial charge in [-0.1, -0.05) is 48.5 Å². The van der Waals surface area contributed by atoms with Crippen LogP contribution in [0.4, 0.5) is 4.79 Å². The Hall–Kier alpha value is -3.02. The van der Waals surface area contributed by atoms with Gasteiger partial charge in [-0.15, -0.1) is 0 Å². The van der Waals surface area contributed by atoms with Crippen molar-refractivity contribution in [1.82, 2.24) is 15.5 Å². The number of carbonyl (C=O) groups is 2. The van der Waals surface area contributed by atoms with E-state index >= 15 is 0 Å². The predicted molar refractivity (Wildman–Crippen MR) is 108 cm³/mol. The van der Waals surface area contributed by atoms with E-state index in [0.717, 1.165) is 16.9 Å². The normalized spacial score (nSPS) is 17.3. The second kappa shape index (κ2) is 9.26. The van der Waals surface area contributed by atoms with Crippen molar-refractivity contribution in [2.75, 3.05) is 20.2 Å². The Morgan fingerprint density at radius 3 is 2.64 bits per heavy atom. The van der Waals surface area contributed by atoms with Gasteiger partial charge in [0, 0.05) is 19.5 Å². The van der Waals surface area contributed by atoms with E-state index in [9.17, 15) is 9.59 Å². The maximum atomic E-state index is 12.4. The molecule has 1 aliphatic heterocycles. The molecular weight excluding hydrogens is 354 g/mol. The van der Waals surface area contributed by atoms with Gasteiger partial charge in [-0.05, 0) is 30.5 Å². The third kappa shape index (κ3) is 4.82. The summed E-state index contributed by atoms with van der Waals surface area (Å²) in [4.78, 5) is 26.4. The monoisotopic (exact) mass is 381 g/mol. The molecule has 2 unspecified atom stereocenters. The Bertz CT molecular complexity index is 810. The Labute approximate surface area is 165 Å². The highest BCUT2D eigenvalue weighted by Gasteiger charge is 2.33. The summed E-state index contributed by atoms with van der Waals surface area (Å²) < 4.78 is 5.32. The minimum Gasteiger partial charge on any atom is -0.496 e. The molecule has 1 fully saturated rings. The molecule has 2 aromatic carbocycles. The number of para-hydroxylation sites is 1. The number of hydrogen-bond donors (Lipinski definition) is 2. The molecule has 0 bridgehead atoms. The van der Waals surface area contributed by atoms with Crippen molar-refractivity contribution in [3.8, 4) is 5.75 Å². The lowest BCUT2D eigenvalue weighted by Gasteiger charge is -2.25. The van der Waals surface area contributed by atoms with Crippen LogP contribution in [0.15, 0.2) is 54.6 Å². The van der Waals surface area contributed by atoms with Crippen molar-refractivity contribution in [2.24, 2.45) is 0 Å². The van der Waals surface area contributed by atoms with Crippen molar-refractivity contribution >= 4 is 11.9 Å². The molecule has 0 aromatic heterocycles. The van der Waals surface area contributed by atoms with Gasteiger partial charge in [0.1, 0.15) is 5.75 Å². The first kappa shape index (κ1) is 19.7. The highest BCUT2D eigenvalue weighted by molar-refractivity contribution is 5.82. The first-order valence-corrected chi connectivity index (χ1v) is 9.59. The maximum Gasteiger partial charge on any atom is 0.315 e. The van der Waals surface area contributed by atoms with E-state index < -0.39 is 0 Å². The molecule has 0 spiro atoms. The minimum absolute atomic E-state index is 0.00546. The standard InChI is InChI=1S/C22H27N3O3/c1-16(17-8-4-3-5-9-17)25-15-19(14-21(25)26)24-22(27)23-13-12-18-10-6-7-11-20(18)28-2/h3-11,16,19H,12-15H2,1-2H3,(H2,23,24,27). The number of rotatable bonds is 7. The summed E-state index contributed by atoms with van der Waals surface area (Å²) in [7, 11) is 1.64. The molecule has 0 saturated carbocycles. The molecule has 2 aromatic rings.